The van der Waals surface area contributed by atoms with E-state index in [1.54, 1.807) is 0 Å². The third-order valence-electron chi connectivity index (χ3n) is 2.95. The topological polar surface area (TPSA) is 111 Å². The molecule has 142 valence electrons. The first-order valence-electron chi connectivity index (χ1n) is 6.72. The SMILES string of the molecule is O=C(COC(=O)c1nc(Cl)c(Cl)c(Cl)c1Cl)Nc1cc([N+](=O)[O-])ccc1Cl. The molecule has 1 aromatic carbocycles. The molecule has 0 saturated carbocycles. The fourth-order valence-corrected chi connectivity index (χ4v) is 2.70. The van der Waals surface area contributed by atoms with Crippen LogP contribution in [0.5, 0.6) is 0 Å². The van der Waals surface area contributed by atoms with Crippen molar-refractivity contribution in [3.05, 3.63) is 59.3 Å². The molecule has 1 amide bonds. The monoisotopic (exact) mass is 471 g/mol. The number of carbonyl (C=O) groups is 2. The van der Waals surface area contributed by atoms with Gasteiger partial charge >= 0.3 is 5.97 Å². The molecule has 0 spiro atoms. The van der Waals surface area contributed by atoms with Crippen LogP contribution in [0.25, 0.3) is 0 Å². The lowest BCUT2D eigenvalue weighted by Gasteiger charge is -2.09. The molecule has 0 saturated heterocycles. The number of carbonyl (C=O) groups excluding carboxylic acids is 2. The molecule has 8 nitrogen and oxygen atoms in total. The number of pyridine rings is 1. The Labute approximate surface area is 176 Å². The van der Waals surface area contributed by atoms with Crippen LogP contribution in [-0.4, -0.2) is 28.4 Å². The summed E-state index contributed by atoms with van der Waals surface area (Å²) >= 11 is 29.0. The molecule has 0 aliphatic heterocycles. The number of nitrogens with zero attached hydrogens (tertiary/aromatic N) is 2. The van der Waals surface area contributed by atoms with Gasteiger partial charge in [-0.05, 0) is 6.07 Å². The quantitative estimate of drug-likeness (QED) is 0.281. The Kier molecular flexibility index (Phi) is 7.07. The Morgan fingerprint density at radius 3 is 2.41 bits per heavy atom. The van der Waals surface area contributed by atoms with Crippen molar-refractivity contribution in [3.8, 4) is 0 Å². The van der Waals surface area contributed by atoms with Crippen LogP contribution in [0, 0.1) is 10.1 Å². The van der Waals surface area contributed by atoms with Crippen LogP contribution in [0.3, 0.4) is 0 Å². The van der Waals surface area contributed by atoms with Crippen LogP contribution < -0.4 is 5.32 Å². The summed E-state index contributed by atoms with van der Waals surface area (Å²) in [6.07, 6.45) is 0. The number of benzene rings is 1. The van der Waals surface area contributed by atoms with Gasteiger partial charge in [-0.15, -0.1) is 0 Å². The molecule has 2 rings (SSSR count). The first-order chi connectivity index (χ1) is 12.6. The number of anilines is 1. The Morgan fingerprint density at radius 2 is 1.78 bits per heavy atom. The van der Waals surface area contributed by atoms with Gasteiger partial charge in [-0.3, -0.25) is 14.9 Å². The number of hydrogen-bond donors (Lipinski definition) is 1. The minimum Gasteiger partial charge on any atom is -0.451 e. The van der Waals surface area contributed by atoms with Gasteiger partial charge in [-0.1, -0.05) is 58.0 Å². The molecule has 0 fully saturated rings. The molecule has 2 aromatic rings. The summed E-state index contributed by atoms with van der Waals surface area (Å²) in [5.41, 5.74) is -0.744. The van der Waals surface area contributed by atoms with Gasteiger partial charge in [0.15, 0.2) is 12.3 Å². The van der Waals surface area contributed by atoms with Crippen molar-refractivity contribution < 1.29 is 19.2 Å². The third kappa shape index (κ3) is 5.12. The lowest BCUT2D eigenvalue weighted by Crippen LogP contribution is -2.21. The molecule has 27 heavy (non-hydrogen) atoms. The van der Waals surface area contributed by atoms with Crippen molar-refractivity contribution in [2.24, 2.45) is 0 Å². The van der Waals surface area contributed by atoms with Crippen molar-refractivity contribution in [2.75, 3.05) is 11.9 Å². The van der Waals surface area contributed by atoms with Crippen molar-refractivity contribution in [2.45, 2.75) is 0 Å². The van der Waals surface area contributed by atoms with Gasteiger partial charge in [0.25, 0.3) is 11.6 Å². The highest BCUT2D eigenvalue weighted by molar-refractivity contribution is 6.52. The number of ether oxygens (including phenoxy) is 1. The second-order valence-corrected chi connectivity index (χ2v) is 6.64. The summed E-state index contributed by atoms with van der Waals surface area (Å²) in [6, 6.07) is 3.46. The molecule has 0 radical (unpaired) electrons. The molecule has 1 heterocycles. The molecule has 1 aromatic heterocycles. The van der Waals surface area contributed by atoms with Crippen LogP contribution >= 0.6 is 58.0 Å². The van der Waals surface area contributed by atoms with Gasteiger partial charge in [0, 0.05) is 12.1 Å². The van der Waals surface area contributed by atoms with Crippen molar-refractivity contribution in [1.29, 1.82) is 0 Å². The van der Waals surface area contributed by atoms with E-state index in [-0.39, 0.29) is 36.6 Å². The van der Waals surface area contributed by atoms with Crippen molar-refractivity contribution in [3.63, 3.8) is 0 Å². The number of nitro benzene ring substituents is 1. The number of amides is 1. The number of hydrogen-bond acceptors (Lipinski definition) is 6. The van der Waals surface area contributed by atoms with Gasteiger partial charge in [0.05, 0.1) is 30.7 Å². The molecule has 0 unspecified atom stereocenters. The van der Waals surface area contributed by atoms with Gasteiger partial charge in [-0.25, -0.2) is 9.78 Å². The number of esters is 1. The van der Waals surface area contributed by atoms with Crippen LogP contribution in [-0.2, 0) is 9.53 Å². The minimum atomic E-state index is -1.08. The third-order valence-corrected chi connectivity index (χ3v) is 4.95. The van der Waals surface area contributed by atoms with E-state index in [4.69, 9.17) is 62.7 Å². The Balaban J connectivity index is 2.07. The lowest BCUT2D eigenvalue weighted by molar-refractivity contribution is -0.384. The highest BCUT2D eigenvalue weighted by atomic mass is 35.5. The number of non-ortho nitro benzene ring substituents is 1. The van der Waals surface area contributed by atoms with E-state index in [0.717, 1.165) is 6.07 Å². The van der Waals surface area contributed by atoms with E-state index in [9.17, 15) is 19.7 Å². The first-order valence-corrected chi connectivity index (χ1v) is 8.61. The maximum absolute atomic E-state index is 12.0. The van der Waals surface area contributed by atoms with E-state index in [1.807, 2.05) is 0 Å². The predicted molar refractivity (Wildman–Crippen MR) is 101 cm³/mol. The Hall–Kier alpha value is -1.84. The summed E-state index contributed by atoms with van der Waals surface area (Å²) in [7, 11) is 0. The molecule has 0 aliphatic rings. The standard InChI is InChI=1S/C14H6Cl5N3O5/c15-6-2-1-5(22(25)26)3-7(6)20-8(23)4-27-14(24)12-10(17)9(16)11(18)13(19)21-12/h1-3H,4H2,(H,20,23). The summed E-state index contributed by atoms with van der Waals surface area (Å²) in [5, 5.41) is 12.2. The normalized spacial score (nSPS) is 10.4. The van der Waals surface area contributed by atoms with Crippen LogP contribution in [0.1, 0.15) is 10.5 Å². The zero-order valence-electron chi connectivity index (χ0n) is 12.8. The van der Waals surface area contributed by atoms with Crippen molar-refractivity contribution >= 4 is 81.3 Å². The van der Waals surface area contributed by atoms with Gasteiger partial charge in [0.2, 0.25) is 0 Å². The number of nitro groups is 1. The maximum atomic E-state index is 12.0. The second-order valence-electron chi connectivity index (χ2n) is 4.74. The fraction of sp³-hybridized carbons (Fsp3) is 0.0714. The molecule has 0 atom stereocenters. The fourth-order valence-electron chi connectivity index (χ4n) is 1.73. The Bertz CT molecular complexity index is 953. The lowest BCUT2D eigenvalue weighted by atomic mass is 10.3. The zero-order valence-corrected chi connectivity index (χ0v) is 16.5. The van der Waals surface area contributed by atoms with E-state index in [0.29, 0.717) is 0 Å². The molecule has 0 bridgehead atoms. The highest BCUT2D eigenvalue weighted by Gasteiger charge is 2.22. The van der Waals surface area contributed by atoms with Gasteiger partial charge in [0.1, 0.15) is 5.15 Å². The van der Waals surface area contributed by atoms with Gasteiger partial charge in [-0.2, -0.15) is 0 Å². The largest absolute Gasteiger partial charge is 0.451 e. The molecular formula is C14H6Cl5N3O5. The number of nitrogens with one attached hydrogen (secondary N) is 1. The number of rotatable bonds is 5. The average Bonchev–Trinajstić information content (AvgIpc) is 2.62. The van der Waals surface area contributed by atoms with Gasteiger partial charge < -0.3 is 10.1 Å². The minimum absolute atomic E-state index is 0.0272. The number of halogens is 5. The van der Waals surface area contributed by atoms with E-state index in [1.165, 1.54) is 12.1 Å². The Morgan fingerprint density at radius 1 is 1.11 bits per heavy atom. The first kappa shape index (κ1) is 21.5. The maximum Gasteiger partial charge on any atom is 0.359 e. The summed E-state index contributed by atoms with van der Waals surface area (Å²) in [6.45, 7) is -0.756. The van der Waals surface area contributed by atoms with Crippen LogP contribution in [0.2, 0.25) is 25.2 Å². The van der Waals surface area contributed by atoms with Crippen LogP contribution in [0.4, 0.5) is 11.4 Å². The van der Waals surface area contributed by atoms with E-state index < -0.39 is 29.1 Å². The second kappa shape index (κ2) is 8.90. The van der Waals surface area contributed by atoms with E-state index in [2.05, 4.69) is 10.3 Å². The molecule has 0 aliphatic carbocycles. The molecule has 1 N–H and O–H groups in total. The molecular weight excluding hydrogens is 467 g/mol. The zero-order chi connectivity index (χ0) is 20.3. The van der Waals surface area contributed by atoms with Crippen molar-refractivity contribution in [1.82, 2.24) is 4.98 Å². The van der Waals surface area contributed by atoms with E-state index >= 15 is 0 Å². The predicted octanol–water partition coefficient (Wildman–Crippen LogP) is 5.05. The molecule has 13 heteroatoms. The summed E-state index contributed by atoms with van der Waals surface area (Å²) < 4.78 is 4.78. The van der Waals surface area contributed by atoms with Crippen LogP contribution in [0.15, 0.2) is 18.2 Å². The number of aromatic nitrogens is 1. The smallest absolute Gasteiger partial charge is 0.359 e. The summed E-state index contributed by atoms with van der Waals surface area (Å²) in [4.78, 5) is 37.7. The summed E-state index contributed by atoms with van der Waals surface area (Å²) in [5.74, 6) is -1.89. The average molecular weight is 473 g/mol. The highest BCUT2D eigenvalue weighted by Crippen LogP contribution is 2.36.